The van der Waals surface area contributed by atoms with Gasteiger partial charge in [0.25, 0.3) is 15.9 Å². The summed E-state index contributed by atoms with van der Waals surface area (Å²) in [5.74, 6) is 0.361. The van der Waals surface area contributed by atoms with Gasteiger partial charge in [-0.25, -0.2) is 8.42 Å². The smallest absolute Gasteiger partial charge is 0.267 e. The molecule has 0 aliphatic carbocycles. The van der Waals surface area contributed by atoms with Gasteiger partial charge in [-0.1, -0.05) is 5.16 Å². The molecule has 3 aromatic rings. The van der Waals surface area contributed by atoms with E-state index in [1.165, 1.54) is 23.8 Å². The molecular weight excluding hydrogens is 352 g/mol. The van der Waals surface area contributed by atoms with Crippen LogP contribution in [0.3, 0.4) is 0 Å². The molecule has 124 valence electrons. The predicted molar refractivity (Wildman–Crippen MR) is 88.6 cm³/mol. The molecule has 0 bridgehead atoms. The summed E-state index contributed by atoms with van der Waals surface area (Å²) in [5.41, 5.74) is 0.341. The number of pyridine rings is 1. The fourth-order valence-corrected chi connectivity index (χ4v) is 4.03. The zero-order chi connectivity index (χ0) is 17.2. The molecule has 3 aromatic heterocycles. The molecule has 3 heterocycles. The maximum Gasteiger partial charge on any atom is 0.267 e. The van der Waals surface area contributed by atoms with E-state index >= 15 is 0 Å². The SMILES string of the molecule is Cc1cc(NC(=O)c2cc(S(=O)(=O)Nc3cccnc3)cs2)no1. The molecule has 0 aromatic carbocycles. The summed E-state index contributed by atoms with van der Waals surface area (Å²) >= 11 is 1.02. The first-order chi connectivity index (χ1) is 11.4. The first-order valence-electron chi connectivity index (χ1n) is 6.70. The van der Waals surface area contributed by atoms with Crippen LogP contribution in [0.25, 0.3) is 0 Å². The van der Waals surface area contributed by atoms with Crippen molar-refractivity contribution in [2.45, 2.75) is 11.8 Å². The van der Waals surface area contributed by atoms with E-state index in [1.54, 1.807) is 25.1 Å². The minimum Gasteiger partial charge on any atom is -0.360 e. The lowest BCUT2D eigenvalue weighted by molar-refractivity contribution is 0.102. The molecular formula is C14H12N4O4S2. The van der Waals surface area contributed by atoms with Gasteiger partial charge in [0.05, 0.1) is 21.7 Å². The Morgan fingerprint density at radius 2 is 2.17 bits per heavy atom. The van der Waals surface area contributed by atoms with E-state index in [4.69, 9.17) is 4.52 Å². The van der Waals surface area contributed by atoms with Crippen molar-refractivity contribution in [2.24, 2.45) is 0 Å². The monoisotopic (exact) mass is 364 g/mol. The molecule has 3 rings (SSSR count). The second kappa shape index (κ2) is 6.42. The molecule has 0 radical (unpaired) electrons. The largest absolute Gasteiger partial charge is 0.360 e. The lowest BCUT2D eigenvalue weighted by Crippen LogP contribution is -2.13. The van der Waals surface area contributed by atoms with E-state index in [0.717, 1.165) is 11.3 Å². The molecule has 10 heteroatoms. The van der Waals surface area contributed by atoms with Gasteiger partial charge in [0.1, 0.15) is 5.76 Å². The number of aryl methyl sites for hydroxylation is 1. The van der Waals surface area contributed by atoms with Gasteiger partial charge in [0.2, 0.25) is 0 Å². The Balaban J connectivity index is 1.75. The van der Waals surface area contributed by atoms with Crippen LogP contribution in [0.1, 0.15) is 15.4 Å². The lowest BCUT2D eigenvalue weighted by Gasteiger charge is -2.05. The van der Waals surface area contributed by atoms with Crippen LogP contribution in [-0.2, 0) is 10.0 Å². The van der Waals surface area contributed by atoms with Crippen LogP contribution in [0.5, 0.6) is 0 Å². The van der Waals surface area contributed by atoms with Gasteiger partial charge in [-0.15, -0.1) is 11.3 Å². The van der Waals surface area contributed by atoms with Gasteiger partial charge in [-0.2, -0.15) is 0 Å². The van der Waals surface area contributed by atoms with Crippen molar-refractivity contribution in [3.05, 3.63) is 52.7 Å². The molecule has 0 aliphatic heterocycles. The van der Waals surface area contributed by atoms with Crippen molar-refractivity contribution in [1.82, 2.24) is 10.1 Å². The van der Waals surface area contributed by atoms with Crippen LogP contribution in [0, 0.1) is 6.92 Å². The number of thiophene rings is 1. The van der Waals surface area contributed by atoms with Gasteiger partial charge < -0.3 is 9.84 Å². The normalized spacial score (nSPS) is 11.2. The molecule has 0 saturated carbocycles. The Hall–Kier alpha value is -2.72. The highest BCUT2D eigenvalue weighted by Gasteiger charge is 2.19. The Labute approximate surface area is 141 Å². The fraction of sp³-hybridized carbons (Fsp3) is 0.0714. The van der Waals surface area contributed by atoms with Crippen LogP contribution in [0.4, 0.5) is 11.5 Å². The van der Waals surface area contributed by atoms with E-state index in [0.29, 0.717) is 11.4 Å². The van der Waals surface area contributed by atoms with Crippen LogP contribution >= 0.6 is 11.3 Å². The number of carbonyl (C=O) groups is 1. The van der Waals surface area contributed by atoms with Crippen LogP contribution in [0.2, 0.25) is 0 Å². The first-order valence-corrected chi connectivity index (χ1v) is 9.06. The zero-order valence-corrected chi connectivity index (χ0v) is 14.0. The van der Waals surface area contributed by atoms with E-state index in [9.17, 15) is 13.2 Å². The fourth-order valence-electron chi connectivity index (χ4n) is 1.82. The summed E-state index contributed by atoms with van der Waals surface area (Å²) in [4.78, 5) is 16.2. The van der Waals surface area contributed by atoms with Crippen molar-refractivity contribution >= 4 is 38.8 Å². The van der Waals surface area contributed by atoms with E-state index in [-0.39, 0.29) is 15.6 Å². The lowest BCUT2D eigenvalue weighted by atomic mass is 10.4. The highest BCUT2D eigenvalue weighted by Crippen LogP contribution is 2.22. The van der Waals surface area contributed by atoms with Crippen molar-refractivity contribution in [1.29, 1.82) is 0 Å². The van der Waals surface area contributed by atoms with Crippen LogP contribution < -0.4 is 10.0 Å². The number of aromatic nitrogens is 2. The number of hydrogen-bond acceptors (Lipinski definition) is 7. The van der Waals surface area contributed by atoms with Crippen molar-refractivity contribution < 1.29 is 17.7 Å². The average molecular weight is 364 g/mol. The third-order valence-corrected chi connectivity index (χ3v) is 5.33. The van der Waals surface area contributed by atoms with Crippen molar-refractivity contribution in [3.8, 4) is 0 Å². The third-order valence-electron chi connectivity index (χ3n) is 2.89. The topological polar surface area (TPSA) is 114 Å². The summed E-state index contributed by atoms with van der Waals surface area (Å²) in [5, 5.41) is 7.58. The number of hydrogen-bond donors (Lipinski definition) is 2. The van der Waals surface area contributed by atoms with Crippen molar-refractivity contribution in [2.75, 3.05) is 10.0 Å². The third kappa shape index (κ3) is 3.60. The second-order valence-electron chi connectivity index (χ2n) is 4.77. The van der Waals surface area contributed by atoms with E-state index in [2.05, 4.69) is 20.2 Å². The molecule has 0 fully saturated rings. The highest BCUT2D eigenvalue weighted by atomic mass is 32.2. The van der Waals surface area contributed by atoms with Gasteiger partial charge in [0.15, 0.2) is 5.82 Å². The van der Waals surface area contributed by atoms with Gasteiger partial charge in [0, 0.05) is 17.6 Å². The number of rotatable bonds is 5. The minimum atomic E-state index is -3.79. The zero-order valence-electron chi connectivity index (χ0n) is 12.4. The highest BCUT2D eigenvalue weighted by molar-refractivity contribution is 7.92. The quantitative estimate of drug-likeness (QED) is 0.719. The first kappa shape index (κ1) is 16.1. The summed E-state index contributed by atoms with van der Waals surface area (Å²) in [6.07, 6.45) is 2.93. The Morgan fingerprint density at radius 1 is 1.33 bits per heavy atom. The molecule has 8 nitrogen and oxygen atoms in total. The molecule has 0 atom stereocenters. The number of nitrogens with zero attached hydrogens (tertiary/aromatic N) is 2. The number of anilines is 2. The minimum absolute atomic E-state index is 0.00200. The summed E-state index contributed by atoms with van der Waals surface area (Å²) in [6.45, 7) is 1.70. The summed E-state index contributed by atoms with van der Waals surface area (Å²) in [7, 11) is -3.79. The Kier molecular flexibility index (Phi) is 4.32. The maximum atomic E-state index is 12.3. The molecule has 2 N–H and O–H groups in total. The van der Waals surface area contributed by atoms with Crippen molar-refractivity contribution in [3.63, 3.8) is 0 Å². The van der Waals surface area contributed by atoms with Gasteiger partial charge in [-0.05, 0) is 25.1 Å². The number of carbonyl (C=O) groups excluding carboxylic acids is 1. The molecule has 0 spiro atoms. The summed E-state index contributed by atoms with van der Waals surface area (Å²) in [6, 6.07) is 6.06. The number of sulfonamides is 1. The number of amides is 1. The molecule has 0 unspecified atom stereocenters. The van der Waals surface area contributed by atoms with Gasteiger partial charge in [-0.3, -0.25) is 14.5 Å². The van der Waals surface area contributed by atoms with E-state index < -0.39 is 15.9 Å². The Bertz CT molecular complexity index is 964. The maximum absolute atomic E-state index is 12.3. The Morgan fingerprint density at radius 3 is 2.83 bits per heavy atom. The van der Waals surface area contributed by atoms with E-state index in [1.807, 2.05) is 0 Å². The summed E-state index contributed by atoms with van der Waals surface area (Å²) < 4.78 is 31.9. The number of nitrogens with one attached hydrogen (secondary N) is 2. The molecule has 24 heavy (non-hydrogen) atoms. The molecule has 0 saturated heterocycles. The average Bonchev–Trinajstić information content (AvgIpc) is 3.17. The van der Waals surface area contributed by atoms with Gasteiger partial charge >= 0.3 is 0 Å². The molecule has 1 amide bonds. The molecule has 0 aliphatic rings. The van der Waals surface area contributed by atoms with Crippen LogP contribution in [0.15, 0.2) is 51.5 Å². The second-order valence-corrected chi connectivity index (χ2v) is 7.36. The standard InChI is InChI=1S/C14H12N4O4S2/c1-9-5-13(17-22-9)16-14(19)12-6-11(8-23-12)24(20,21)18-10-3-2-4-15-7-10/h2-8,18H,1H3,(H,16,17,19). The predicted octanol–water partition coefficient (Wildman–Crippen LogP) is 2.49. The van der Waals surface area contributed by atoms with Crippen LogP contribution in [-0.4, -0.2) is 24.5 Å².